The van der Waals surface area contributed by atoms with E-state index < -0.39 is 0 Å². The average molecular weight is 479 g/mol. The Hall–Kier alpha value is -2.94. The number of benzene rings is 1. The van der Waals surface area contributed by atoms with Crippen LogP contribution in [-0.4, -0.2) is 42.9 Å². The van der Waals surface area contributed by atoms with Gasteiger partial charge < -0.3 is 14.5 Å². The highest BCUT2D eigenvalue weighted by molar-refractivity contribution is 5.83. The van der Waals surface area contributed by atoms with Crippen LogP contribution in [0.4, 0.5) is 0 Å². The molecule has 2 fully saturated rings. The number of aromatic amines is 1. The standard InChI is InChI=1S/C26H34N6O3/c1-2-22(25-28-29-30-32(25)20-10-4-3-5-11-20)31(19-8-6-7-9-19)15-18-12-17-13-23-24(35-16-34-23)14-21(17)27-26(18)33/h12-14,19-20,22H,2-11,15-16H2,1H3,(H,27,33). The monoisotopic (exact) mass is 478 g/mol. The fourth-order valence-corrected chi connectivity index (χ4v) is 6.26. The van der Waals surface area contributed by atoms with Crippen molar-refractivity contribution in [1.29, 1.82) is 0 Å². The third kappa shape index (κ3) is 4.30. The Bertz CT molecular complexity index is 1240. The Labute approximate surface area is 204 Å². The Balaban J connectivity index is 1.35. The van der Waals surface area contributed by atoms with Crippen LogP contribution in [-0.2, 0) is 6.54 Å². The minimum atomic E-state index is -0.0545. The number of nitrogens with zero attached hydrogens (tertiary/aromatic N) is 5. The summed E-state index contributed by atoms with van der Waals surface area (Å²) in [4.78, 5) is 18.8. The molecular formula is C26H34N6O3. The molecule has 9 nitrogen and oxygen atoms in total. The first-order valence-corrected chi connectivity index (χ1v) is 13.2. The Kier molecular flexibility index (Phi) is 6.18. The van der Waals surface area contributed by atoms with Gasteiger partial charge >= 0.3 is 0 Å². The fourth-order valence-electron chi connectivity index (χ4n) is 6.26. The summed E-state index contributed by atoms with van der Waals surface area (Å²) < 4.78 is 13.1. The number of fused-ring (bicyclic) bond motifs is 2. The van der Waals surface area contributed by atoms with E-state index in [2.05, 4.69) is 37.0 Å². The fraction of sp³-hybridized carbons (Fsp3) is 0.615. The molecule has 0 spiro atoms. The molecule has 6 rings (SSSR count). The van der Waals surface area contributed by atoms with Crippen molar-refractivity contribution in [1.82, 2.24) is 30.1 Å². The summed E-state index contributed by atoms with van der Waals surface area (Å²) in [5.74, 6) is 2.35. The number of tetrazole rings is 1. The van der Waals surface area contributed by atoms with Crippen LogP contribution in [0.5, 0.6) is 11.5 Å². The number of rotatable bonds is 7. The van der Waals surface area contributed by atoms with Gasteiger partial charge in [-0.25, -0.2) is 4.68 Å². The van der Waals surface area contributed by atoms with Gasteiger partial charge in [0.25, 0.3) is 5.56 Å². The van der Waals surface area contributed by atoms with Gasteiger partial charge in [-0.15, -0.1) is 5.10 Å². The summed E-state index contributed by atoms with van der Waals surface area (Å²) in [6.07, 6.45) is 11.7. The highest BCUT2D eigenvalue weighted by Gasteiger charge is 2.34. The molecule has 186 valence electrons. The van der Waals surface area contributed by atoms with Crippen molar-refractivity contribution in [2.75, 3.05) is 6.79 Å². The molecule has 3 aliphatic rings. The van der Waals surface area contributed by atoms with E-state index in [0.29, 0.717) is 24.4 Å². The highest BCUT2D eigenvalue weighted by atomic mass is 16.7. The predicted molar refractivity (Wildman–Crippen MR) is 131 cm³/mol. The molecule has 2 aromatic heterocycles. The Morgan fingerprint density at radius 2 is 1.80 bits per heavy atom. The van der Waals surface area contributed by atoms with Crippen LogP contribution in [0.25, 0.3) is 10.9 Å². The maximum atomic E-state index is 13.2. The first-order chi connectivity index (χ1) is 17.2. The molecule has 0 saturated heterocycles. The largest absolute Gasteiger partial charge is 0.454 e. The summed E-state index contributed by atoms with van der Waals surface area (Å²) in [5.41, 5.74) is 1.48. The van der Waals surface area contributed by atoms with E-state index in [1.54, 1.807) is 0 Å². The molecule has 3 heterocycles. The molecule has 35 heavy (non-hydrogen) atoms. The lowest BCUT2D eigenvalue weighted by Gasteiger charge is -2.36. The van der Waals surface area contributed by atoms with E-state index in [9.17, 15) is 4.79 Å². The second-order valence-electron chi connectivity index (χ2n) is 10.2. The smallest absolute Gasteiger partial charge is 0.252 e. The van der Waals surface area contributed by atoms with E-state index in [0.717, 1.165) is 60.1 Å². The molecule has 1 N–H and O–H groups in total. The Morgan fingerprint density at radius 1 is 1.06 bits per heavy atom. The number of ether oxygens (including phenoxy) is 2. The summed E-state index contributed by atoms with van der Waals surface area (Å²) in [5, 5.41) is 14.1. The maximum absolute atomic E-state index is 13.2. The Morgan fingerprint density at radius 3 is 2.57 bits per heavy atom. The van der Waals surface area contributed by atoms with Gasteiger partial charge in [-0.1, -0.05) is 39.0 Å². The molecule has 3 aromatic rings. The van der Waals surface area contributed by atoms with Crippen LogP contribution in [0.15, 0.2) is 23.0 Å². The summed E-state index contributed by atoms with van der Waals surface area (Å²) in [7, 11) is 0. The molecule has 0 amide bonds. The summed E-state index contributed by atoms with van der Waals surface area (Å²) in [6, 6.07) is 6.68. The lowest BCUT2D eigenvalue weighted by Crippen LogP contribution is -2.39. The molecule has 2 aliphatic carbocycles. The summed E-state index contributed by atoms with van der Waals surface area (Å²) in [6.45, 7) is 2.99. The van der Waals surface area contributed by atoms with Crippen molar-refractivity contribution in [3.63, 3.8) is 0 Å². The normalized spacial score (nSPS) is 19.7. The average Bonchev–Trinajstić information content (AvgIpc) is 3.65. The molecule has 0 radical (unpaired) electrons. The van der Waals surface area contributed by atoms with Crippen molar-refractivity contribution < 1.29 is 9.47 Å². The van der Waals surface area contributed by atoms with Crippen molar-refractivity contribution in [3.8, 4) is 11.5 Å². The zero-order chi connectivity index (χ0) is 23.8. The van der Waals surface area contributed by atoms with Crippen LogP contribution in [0.2, 0.25) is 0 Å². The molecule has 1 aliphatic heterocycles. The number of aromatic nitrogens is 5. The second kappa shape index (κ2) is 9.60. The molecular weight excluding hydrogens is 444 g/mol. The number of H-pyrrole nitrogens is 1. The van der Waals surface area contributed by atoms with Crippen LogP contribution < -0.4 is 15.0 Å². The topological polar surface area (TPSA) is 98.2 Å². The van der Waals surface area contributed by atoms with Gasteiger partial charge in [-0.3, -0.25) is 9.69 Å². The van der Waals surface area contributed by atoms with Gasteiger partial charge in [0, 0.05) is 29.6 Å². The van der Waals surface area contributed by atoms with Gasteiger partial charge in [0.2, 0.25) is 6.79 Å². The first kappa shape index (κ1) is 22.5. The lowest BCUT2D eigenvalue weighted by atomic mass is 9.95. The van der Waals surface area contributed by atoms with Crippen LogP contribution >= 0.6 is 0 Å². The molecule has 1 aromatic carbocycles. The van der Waals surface area contributed by atoms with Crippen molar-refractivity contribution >= 4 is 10.9 Å². The highest BCUT2D eigenvalue weighted by Crippen LogP contribution is 2.38. The number of pyridine rings is 1. The zero-order valence-corrected chi connectivity index (χ0v) is 20.4. The van der Waals surface area contributed by atoms with E-state index in [-0.39, 0.29) is 18.4 Å². The van der Waals surface area contributed by atoms with Crippen molar-refractivity contribution in [3.05, 3.63) is 39.9 Å². The van der Waals surface area contributed by atoms with E-state index in [1.165, 1.54) is 32.1 Å². The molecule has 0 bridgehead atoms. The minimum absolute atomic E-state index is 0.0545. The third-order valence-corrected chi connectivity index (χ3v) is 8.08. The van der Waals surface area contributed by atoms with E-state index >= 15 is 0 Å². The molecule has 1 unspecified atom stereocenters. The van der Waals surface area contributed by atoms with Crippen molar-refractivity contribution in [2.24, 2.45) is 0 Å². The van der Waals surface area contributed by atoms with Crippen molar-refractivity contribution in [2.45, 2.75) is 95.8 Å². The van der Waals surface area contributed by atoms with Gasteiger partial charge in [0.05, 0.1) is 17.6 Å². The lowest BCUT2D eigenvalue weighted by molar-refractivity contribution is 0.109. The number of hydrogen-bond donors (Lipinski definition) is 1. The van der Waals surface area contributed by atoms with Crippen LogP contribution in [0.1, 0.15) is 94.6 Å². The first-order valence-electron chi connectivity index (χ1n) is 13.2. The van der Waals surface area contributed by atoms with Gasteiger partial charge in [0.15, 0.2) is 17.3 Å². The molecule has 2 saturated carbocycles. The van der Waals surface area contributed by atoms with Gasteiger partial charge in [-0.05, 0) is 54.7 Å². The SMILES string of the molecule is CCC(c1nnnn1C1CCCCC1)N(Cc1cc2cc3c(cc2[nH]c1=O)OCO3)C1CCCC1. The quantitative estimate of drug-likeness (QED) is 0.528. The van der Waals surface area contributed by atoms with E-state index in [1.807, 2.05) is 18.2 Å². The zero-order valence-electron chi connectivity index (χ0n) is 20.4. The number of nitrogens with one attached hydrogen (secondary N) is 1. The predicted octanol–water partition coefficient (Wildman–Crippen LogP) is 4.64. The molecule has 9 heteroatoms. The summed E-state index contributed by atoms with van der Waals surface area (Å²) >= 11 is 0. The van der Waals surface area contributed by atoms with Crippen LogP contribution in [0.3, 0.4) is 0 Å². The third-order valence-electron chi connectivity index (χ3n) is 8.08. The maximum Gasteiger partial charge on any atom is 0.252 e. The van der Waals surface area contributed by atoms with Gasteiger partial charge in [0.1, 0.15) is 0 Å². The minimum Gasteiger partial charge on any atom is -0.454 e. The van der Waals surface area contributed by atoms with Gasteiger partial charge in [-0.2, -0.15) is 0 Å². The number of hydrogen-bond acceptors (Lipinski definition) is 7. The molecule has 1 atom stereocenters. The second-order valence-corrected chi connectivity index (χ2v) is 10.2. The van der Waals surface area contributed by atoms with Crippen LogP contribution in [0, 0.1) is 0 Å². The van der Waals surface area contributed by atoms with E-state index in [4.69, 9.17) is 9.47 Å².